The molecular weight excluding hydrogens is 340 g/mol. The van der Waals surface area contributed by atoms with Crippen LogP contribution in [0.2, 0.25) is 0 Å². The van der Waals surface area contributed by atoms with Gasteiger partial charge in [-0.15, -0.1) is 0 Å². The molecule has 0 aromatic heterocycles. The second-order valence-corrected chi connectivity index (χ2v) is 6.73. The average molecular weight is 358 g/mol. The fourth-order valence-corrected chi connectivity index (χ4v) is 3.41. The van der Waals surface area contributed by atoms with E-state index in [1.807, 2.05) is 36.4 Å². The topological polar surface area (TPSA) is 75.7 Å². The molecule has 130 valence electrons. The minimum absolute atomic E-state index is 0.127. The Bertz CT molecular complexity index is 818. The van der Waals surface area contributed by atoms with Crippen molar-refractivity contribution in [3.63, 3.8) is 0 Å². The van der Waals surface area contributed by atoms with Gasteiger partial charge in [0.25, 0.3) is 11.1 Å². The first-order chi connectivity index (χ1) is 12.0. The molecule has 7 heteroatoms. The maximum Gasteiger partial charge on any atom is 0.326 e. The van der Waals surface area contributed by atoms with Gasteiger partial charge in [-0.2, -0.15) is 0 Å². The molecule has 2 aromatic rings. The Morgan fingerprint density at radius 3 is 2.76 bits per heavy atom. The lowest BCUT2D eigenvalue weighted by atomic mass is 10.1. The summed E-state index contributed by atoms with van der Waals surface area (Å²) in [7, 11) is 0. The molecule has 0 spiro atoms. The van der Waals surface area contributed by atoms with Gasteiger partial charge in [-0.05, 0) is 18.4 Å². The van der Waals surface area contributed by atoms with Crippen LogP contribution >= 0.6 is 11.8 Å². The first-order valence-corrected chi connectivity index (χ1v) is 8.93. The monoisotopic (exact) mass is 358 g/mol. The van der Waals surface area contributed by atoms with Crippen LogP contribution < -0.4 is 5.32 Å². The molecule has 1 saturated heterocycles. The first kappa shape index (κ1) is 17.3. The smallest absolute Gasteiger partial charge is 0.326 e. The van der Waals surface area contributed by atoms with E-state index in [2.05, 4.69) is 5.32 Å². The van der Waals surface area contributed by atoms with E-state index in [1.165, 1.54) is 23.6 Å². The number of hydrogen-bond donors (Lipinski definition) is 1. The number of benzene rings is 2. The number of nitrogens with zero attached hydrogens (tertiary/aromatic N) is 1. The SMILES string of the molecule is C[C@H](OC(=O)CN1CCSC1=O)C(=O)Nc1cccc2ccccc12. The van der Waals surface area contributed by atoms with Crippen molar-refractivity contribution in [3.05, 3.63) is 42.5 Å². The van der Waals surface area contributed by atoms with Crippen LogP contribution in [0.1, 0.15) is 6.92 Å². The third kappa shape index (κ3) is 4.11. The van der Waals surface area contributed by atoms with E-state index in [0.717, 1.165) is 10.8 Å². The van der Waals surface area contributed by atoms with Gasteiger partial charge in [0.15, 0.2) is 6.10 Å². The number of esters is 1. The Morgan fingerprint density at radius 2 is 2.00 bits per heavy atom. The number of rotatable bonds is 5. The molecule has 1 aliphatic rings. The largest absolute Gasteiger partial charge is 0.451 e. The van der Waals surface area contributed by atoms with E-state index in [4.69, 9.17) is 4.74 Å². The van der Waals surface area contributed by atoms with Crippen molar-refractivity contribution in [1.29, 1.82) is 0 Å². The van der Waals surface area contributed by atoms with Crippen LogP contribution in [0.15, 0.2) is 42.5 Å². The average Bonchev–Trinajstić information content (AvgIpc) is 2.99. The normalized spacial score (nSPS) is 15.2. The quantitative estimate of drug-likeness (QED) is 0.832. The standard InChI is InChI=1S/C18H18N2O4S/c1-12(24-16(21)11-20-9-10-25-18(20)23)17(22)19-15-8-4-6-13-5-2-3-7-14(13)15/h2-8,12H,9-11H2,1H3,(H,19,22)/t12-/m0/s1. The van der Waals surface area contributed by atoms with E-state index < -0.39 is 18.0 Å². The Labute approximate surface area is 149 Å². The molecule has 0 aliphatic carbocycles. The van der Waals surface area contributed by atoms with Gasteiger partial charge in [0.05, 0.1) is 0 Å². The van der Waals surface area contributed by atoms with Gasteiger partial charge < -0.3 is 15.0 Å². The number of carbonyl (C=O) groups is 3. The van der Waals surface area contributed by atoms with Gasteiger partial charge in [0.2, 0.25) is 0 Å². The van der Waals surface area contributed by atoms with E-state index in [1.54, 1.807) is 6.07 Å². The number of fused-ring (bicyclic) bond motifs is 1. The number of carbonyl (C=O) groups excluding carboxylic acids is 3. The Hall–Kier alpha value is -2.54. The number of nitrogens with one attached hydrogen (secondary N) is 1. The third-order valence-electron chi connectivity index (χ3n) is 3.89. The van der Waals surface area contributed by atoms with Crippen molar-refractivity contribution < 1.29 is 19.1 Å². The van der Waals surface area contributed by atoms with Gasteiger partial charge in [0, 0.05) is 23.4 Å². The molecule has 1 N–H and O–H groups in total. The molecule has 0 saturated carbocycles. The lowest BCUT2D eigenvalue weighted by Crippen LogP contribution is -2.36. The fraction of sp³-hybridized carbons (Fsp3) is 0.278. The van der Waals surface area contributed by atoms with Crippen LogP contribution in [0.4, 0.5) is 10.5 Å². The Morgan fingerprint density at radius 1 is 1.24 bits per heavy atom. The molecule has 3 rings (SSSR count). The maximum atomic E-state index is 12.3. The number of thioether (sulfide) groups is 1. The summed E-state index contributed by atoms with van der Waals surface area (Å²) in [6.45, 7) is 1.91. The Kier molecular flexibility index (Phi) is 5.23. The van der Waals surface area contributed by atoms with Crippen LogP contribution in [0.5, 0.6) is 0 Å². The molecule has 1 atom stereocenters. The summed E-state index contributed by atoms with van der Waals surface area (Å²) in [6.07, 6.45) is -0.947. The summed E-state index contributed by atoms with van der Waals surface area (Å²) in [5.41, 5.74) is 0.664. The van der Waals surface area contributed by atoms with Crippen molar-refractivity contribution in [3.8, 4) is 0 Å². The second kappa shape index (κ2) is 7.57. The Balaban J connectivity index is 1.60. The van der Waals surface area contributed by atoms with E-state index in [9.17, 15) is 14.4 Å². The number of ether oxygens (including phenoxy) is 1. The summed E-state index contributed by atoms with van der Waals surface area (Å²) in [5.74, 6) is -0.327. The van der Waals surface area contributed by atoms with Crippen molar-refractivity contribution in [1.82, 2.24) is 4.90 Å². The summed E-state index contributed by atoms with van der Waals surface area (Å²) in [4.78, 5) is 37.2. The van der Waals surface area contributed by atoms with Gasteiger partial charge in [-0.3, -0.25) is 14.4 Å². The van der Waals surface area contributed by atoms with Crippen LogP contribution in [0.25, 0.3) is 10.8 Å². The lowest BCUT2D eigenvalue weighted by molar-refractivity contribution is -0.153. The molecule has 1 fully saturated rings. The number of anilines is 1. The predicted molar refractivity (Wildman–Crippen MR) is 97.6 cm³/mol. The summed E-state index contributed by atoms with van der Waals surface area (Å²) in [6, 6.07) is 13.3. The highest BCUT2D eigenvalue weighted by Crippen LogP contribution is 2.23. The van der Waals surface area contributed by atoms with Crippen molar-refractivity contribution in [2.75, 3.05) is 24.2 Å². The molecular formula is C18H18N2O4S. The highest BCUT2D eigenvalue weighted by molar-refractivity contribution is 8.13. The van der Waals surface area contributed by atoms with Gasteiger partial charge >= 0.3 is 5.97 Å². The molecule has 0 unspecified atom stereocenters. The fourth-order valence-electron chi connectivity index (χ4n) is 2.58. The van der Waals surface area contributed by atoms with Gasteiger partial charge in [-0.1, -0.05) is 48.2 Å². The molecule has 25 heavy (non-hydrogen) atoms. The molecule has 0 bridgehead atoms. The van der Waals surface area contributed by atoms with Crippen molar-refractivity contribution in [2.45, 2.75) is 13.0 Å². The van der Waals surface area contributed by atoms with Gasteiger partial charge in [-0.25, -0.2) is 0 Å². The summed E-state index contributed by atoms with van der Waals surface area (Å²) >= 11 is 1.18. The summed E-state index contributed by atoms with van der Waals surface area (Å²) in [5, 5.41) is 4.58. The van der Waals surface area contributed by atoms with Crippen LogP contribution in [-0.4, -0.2) is 47.0 Å². The molecule has 6 nitrogen and oxygen atoms in total. The highest BCUT2D eigenvalue weighted by Gasteiger charge is 2.26. The highest BCUT2D eigenvalue weighted by atomic mass is 32.2. The number of amides is 2. The first-order valence-electron chi connectivity index (χ1n) is 7.94. The van der Waals surface area contributed by atoms with Crippen LogP contribution in [-0.2, 0) is 14.3 Å². The minimum Gasteiger partial charge on any atom is -0.451 e. The van der Waals surface area contributed by atoms with Crippen LogP contribution in [0.3, 0.4) is 0 Å². The molecule has 1 heterocycles. The lowest BCUT2D eigenvalue weighted by Gasteiger charge is -2.17. The second-order valence-electron chi connectivity index (χ2n) is 5.68. The molecule has 0 radical (unpaired) electrons. The maximum absolute atomic E-state index is 12.3. The molecule has 2 amide bonds. The van der Waals surface area contributed by atoms with Crippen molar-refractivity contribution >= 4 is 45.3 Å². The summed E-state index contributed by atoms with van der Waals surface area (Å²) < 4.78 is 5.15. The third-order valence-corrected chi connectivity index (χ3v) is 4.78. The van der Waals surface area contributed by atoms with E-state index in [-0.39, 0.29) is 11.8 Å². The van der Waals surface area contributed by atoms with E-state index in [0.29, 0.717) is 18.0 Å². The zero-order valence-corrected chi connectivity index (χ0v) is 14.5. The van der Waals surface area contributed by atoms with E-state index >= 15 is 0 Å². The van der Waals surface area contributed by atoms with Crippen molar-refractivity contribution in [2.24, 2.45) is 0 Å². The molecule has 2 aromatic carbocycles. The number of hydrogen-bond acceptors (Lipinski definition) is 5. The zero-order chi connectivity index (χ0) is 17.8. The van der Waals surface area contributed by atoms with Gasteiger partial charge in [0.1, 0.15) is 6.54 Å². The zero-order valence-electron chi connectivity index (χ0n) is 13.7. The minimum atomic E-state index is -0.947. The molecule has 1 aliphatic heterocycles. The predicted octanol–water partition coefficient (Wildman–Crippen LogP) is 2.88. The van der Waals surface area contributed by atoms with Crippen LogP contribution in [0, 0.1) is 0 Å².